The molecule has 0 unspecified atom stereocenters. The van der Waals surface area contributed by atoms with E-state index < -0.39 is 0 Å². The number of rotatable bonds is 2. The largest absolute Gasteiger partial charge is 0.398 e. The van der Waals surface area contributed by atoms with Gasteiger partial charge in [-0.3, -0.25) is 4.79 Å². The van der Waals surface area contributed by atoms with Crippen molar-refractivity contribution in [3.63, 3.8) is 0 Å². The normalized spacial score (nSPS) is 10.5. The van der Waals surface area contributed by atoms with Crippen molar-refractivity contribution in [2.75, 3.05) is 5.73 Å². The average molecular weight is 270 g/mol. The van der Waals surface area contributed by atoms with Gasteiger partial charge in [0.15, 0.2) is 0 Å². The quantitative estimate of drug-likeness (QED) is 0.890. The van der Waals surface area contributed by atoms with Crippen LogP contribution < -0.4 is 11.3 Å². The number of halogens is 1. The lowest BCUT2D eigenvalue weighted by atomic mass is 10.3. The van der Waals surface area contributed by atoms with Gasteiger partial charge in [-0.1, -0.05) is 5.16 Å². The minimum absolute atomic E-state index is 0.134. The first-order valence-corrected chi connectivity index (χ1v) is 5.00. The molecule has 0 radical (unpaired) electrons. The van der Waals surface area contributed by atoms with E-state index in [1.165, 1.54) is 10.8 Å². The van der Waals surface area contributed by atoms with Crippen LogP contribution in [0.25, 0.3) is 0 Å². The highest BCUT2D eigenvalue weighted by molar-refractivity contribution is 9.10. The number of hydrogen-bond acceptors (Lipinski definition) is 4. The molecule has 0 saturated heterocycles. The summed E-state index contributed by atoms with van der Waals surface area (Å²) >= 11 is 3.15. The molecule has 6 heteroatoms. The van der Waals surface area contributed by atoms with Gasteiger partial charge in [-0.25, -0.2) is 0 Å². The van der Waals surface area contributed by atoms with Crippen molar-refractivity contribution in [1.29, 1.82) is 0 Å². The van der Waals surface area contributed by atoms with E-state index in [0.29, 0.717) is 16.7 Å². The molecule has 0 amide bonds. The Bertz CT molecular complexity index is 519. The van der Waals surface area contributed by atoms with Crippen molar-refractivity contribution < 1.29 is 4.52 Å². The molecule has 0 aromatic carbocycles. The molecule has 15 heavy (non-hydrogen) atoms. The SMILES string of the molecule is Nc1cc(Br)c(=O)n(Cc2cnoc2)c1. The fourth-order valence-corrected chi connectivity index (χ4v) is 1.73. The predicted molar refractivity (Wildman–Crippen MR) is 58.4 cm³/mol. The fraction of sp³-hybridized carbons (Fsp3) is 0.111. The first kappa shape index (κ1) is 9.97. The van der Waals surface area contributed by atoms with Gasteiger partial charge in [-0.2, -0.15) is 0 Å². The summed E-state index contributed by atoms with van der Waals surface area (Å²) < 4.78 is 6.61. The highest BCUT2D eigenvalue weighted by atomic mass is 79.9. The van der Waals surface area contributed by atoms with Crippen molar-refractivity contribution in [2.45, 2.75) is 6.54 Å². The highest BCUT2D eigenvalue weighted by Crippen LogP contribution is 2.09. The van der Waals surface area contributed by atoms with Crippen LogP contribution in [-0.4, -0.2) is 9.72 Å². The van der Waals surface area contributed by atoms with E-state index in [1.807, 2.05) is 0 Å². The molecule has 0 atom stereocenters. The van der Waals surface area contributed by atoms with Crippen molar-refractivity contribution in [2.24, 2.45) is 0 Å². The van der Waals surface area contributed by atoms with Crippen LogP contribution in [0.1, 0.15) is 5.56 Å². The van der Waals surface area contributed by atoms with Crippen LogP contribution in [0, 0.1) is 0 Å². The standard InChI is InChI=1S/C9H8BrN3O2/c10-8-1-7(11)4-13(9(8)14)3-6-2-12-15-5-6/h1-2,4-5H,3,11H2. The zero-order valence-electron chi connectivity index (χ0n) is 7.68. The second-order valence-corrected chi connectivity index (χ2v) is 3.94. The van der Waals surface area contributed by atoms with Gasteiger partial charge < -0.3 is 14.8 Å². The number of nitrogen functional groups attached to an aromatic ring is 1. The molecule has 0 aliphatic carbocycles. The first-order valence-electron chi connectivity index (χ1n) is 4.20. The molecule has 0 saturated carbocycles. The summed E-state index contributed by atoms with van der Waals surface area (Å²) in [6.45, 7) is 0.395. The first-order chi connectivity index (χ1) is 7.16. The summed E-state index contributed by atoms with van der Waals surface area (Å²) in [6.07, 6.45) is 4.63. The molecular weight excluding hydrogens is 262 g/mol. The molecular formula is C9H8BrN3O2. The van der Waals surface area contributed by atoms with Gasteiger partial charge in [-0.15, -0.1) is 0 Å². The number of nitrogens with two attached hydrogens (primary N) is 1. The molecule has 2 aromatic heterocycles. The van der Waals surface area contributed by atoms with Gasteiger partial charge in [0.25, 0.3) is 5.56 Å². The molecule has 2 aromatic rings. The minimum Gasteiger partial charge on any atom is -0.398 e. The van der Waals surface area contributed by atoms with Crippen LogP contribution in [0.2, 0.25) is 0 Å². The van der Waals surface area contributed by atoms with Crippen molar-refractivity contribution >= 4 is 21.6 Å². The monoisotopic (exact) mass is 269 g/mol. The lowest BCUT2D eigenvalue weighted by Crippen LogP contribution is -2.21. The van der Waals surface area contributed by atoms with Crippen LogP contribution in [-0.2, 0) is 6.54 Å². The number of hydrogen-bond donors (Lipinski definition) is 1. The van der Waals surface area contributed by atoms with Crippen molar-refractivity contribution in [1.82, 2.24) is 9.72 Å². The smallest absolute Gasteiger partial charge is 0.265 e. The molecule has 5 nitrogen and oxygen atoms in total. The minimum atomic E-state index is -0.134. The number of nitrogens with zero attached hydrogens (tertiary/aromatic N) is 2. The van der Waals surface area contributed by atoms with Crippen LogP contribution in [0.15, 0.2) is 38.5 Å². The molecule has 78 valence electrons. The zero-order valence-corrected chi connectivity index (χ0v) is 9.27. The predicted octanol–water partition coefficient (Wildman–Crippen LogP) is 1.23. The van der Waals surface area contributed by atoms with Crippen molar-refractivity contribution in [3.05, 3.63) is 45.1 Å². The molecule has 2 rings (SSSR count). The van der Waals surface area contributed by atoms with Gasteiger partial charge in [0.05, 0.1) is 17.2 Å². The van der Waals surface area contributed by atoms with Crippen LogP contribution in [0.5, 0.6) is 0 Å². The Morgan fingerprint density at radius 3 is 3.07 bits per heavy atom. The van der Waals surface area contributed by atoms with Gasteiger partial charge in [0, 0.05) is 17.4 Å². The third-order valence-electron chi connectivity index (χ3n) is 1.90. The second kappa shape index (κ2) is 3.90. The third-order valence-corrected chi connectivity index (χ3v) is 2.47. The average Bonchev–Trinajstić information content (AvgIpc) is 2.66. The molecule has 2 heterocycles. The van der Waals surface area contributed by atoms with E-state index in [9.17, 15) is 4.79 Å². The molecule has 0 bridgehead atoms. The van der Waals surface area contributed by atoms with Crippen LogP contribution >= 0.6 is 15.9 Å². The molecule has 0 aliphatic rings. The van der Waals surface area contributed by atoms with E-state index >= 15 is 0 Å². The Hall–Kier alpha value is -1.56. The zero-order chi connectivity index (χ0) is 10.8. The van der Waals surface area contributed by atoms with Gasteiger partial charge in [0.2, 0.25) is 0 Å². The van der Waals surface area contributed by atoms with Gasteiger partial charge >= 0.3 is 0 Å². The fourth-order valence-electron chi connectivity index (χ4n) is 1.24. The molecule has 0 spiro atoms. The lowest BCUT2D eigenvalue weighted by Gasteiger charge is -2.05. The Kier molecular flexibility index (Phi) is 2.59. The summed E-state index contributed by atoms with van der Waals surface area (Å²) in [7, 11) is 0. The Morgan fingerprint density at radius 2 is 2.40 bits per heavy atom. The van der Waals surface area contributed by atoms with E-state index in [0.717, 1.165) is 5.56 Å². The summed E-state index contributed by atoms with van der Waals surface area (Å²) in [5.41, 5.74) is 6.83. The number of pyridine rings is 1. The summed E-state index contributed by atoms with van der Waals surface area (Å²) in [5.74, 6) is 0. The summed E-state index contributed by atoms with van der Waals surface area (Å²) in [5, 5.41) is 3.56. The maximum absolute atomic E-state index is 11.7. The topological polar surface area (TPSA) is 74.1 Å². The van der Waals surface area contributed by atoms with Gasteiger partial charge in [0.1, 0.15) is 6.26 Å². The maximum Gasteiger partial charge on any atom is 0.265 e. The lowest BCUT2D eigenvalue weighted by molar-refractivity contribution is 0.418. The molecule has 0 fully saturated rings. The molecule has 0 aliphatic heterocycles. The van der Waals surface area contributed by atoms with E-state index in [4.69, 9.17) is 5.73 Å². The van der Waals surface area contributed by atoms with Crippen molar-refractivity contribution in [3.8, 4) is 0 Å². The summed E-state index contributed by atoms with van der Waals surface area (Å²) in [4.78, 5) is 11.7. The van der Waals surface area contributed by atoms with E-state index in [2.05, 4.69) is 25.6 Å². The maximum atomic E-state index is 11.7. The van der Waals surface area contributed by atoms with E-state index in [1.54, 1.807) is 18.5 Å². The van der Waals surface area contributed by atoms with E-state index in [-0.39, 0.29) is 5.56 Å². The van der Waals surface area contributed by atoms with Gasteiger partial charge in [-0.05, 0) is 22.0 Å². The highest BCUT2D eigenvalue weighted by Gasteiger charge is 2.04. The third kappa shape index (κ3) is 2.10. The molecule has 2 N–H and O–H groups in total. The second-order valence-electron chi connectivity index (χ2n) is 3.09. The van der Waals surface area contributed by atoms with Crippen LogP contribution in [0.3, 0.4) is 0 Å². The van der Waals surface area contributed by atoms with Crippen LogP contribution in [0.4, 0.5) is 5.69 Å². The Morgan fingerprint density at radius 1 is 1.60 bits per heavy atom. The summed E-state index contributed by atoms with van der Waals surface area (Å²) in [6, 6.07) is 1.58. The number of aromatic nitrogens is 2. The number of anilines is 1. The Balaban J connectivity index is 2.41. The Labute approximate surface area is 93.6 Å².